The molecule has 0 saturated carbocycles. The Labute approximate surface area is 265 Å². The Kier molecular flexibility index (Phi) is 9.46. The van der Waals surface area contributed by atoms with E-state index in [1.165, 1.54) is 62.5 Å². The standard InChI is InChI=1S/C36H38N2O8/c1-22(39)44-21-31-30(45-23(2)40)18-32(46-31)38-19-28(35(41)37-36(38)42)20-43-17-6-4-3-5-8-24-11-12-27-14-13-25-9-7-10-26-15-16-29(24)34(27)33(25)26/h7,9-16,19,30-32H,3-6,8,17-18,20-21H2,1-2H3,(H,37,41,42). The van der Waals surface area contributed by atoms with Crippen LogP contribution in [-0.4, -0.2) is 46.9 Å². The van der Waals surface area contributed by atoms with Crippen LogP contribution in [-0.2, 0) is 41.6 Å². The number of ether oxygens (including phenoxy) is 4. The Morgan fingerprint density at radius 3 is 2.35 bits per heavy atom. The summed E-state index contributed by atoms with van der Waals surface area (Å²) in [6.45, 7) is 2.93. The number of carbonyl (C=O) groups excluding carboxylic acids is 2. The minimum atomic E-state index is -0.818. The molecular formula is C36H38N2O8. The first-order chi connectivity index (χ1) is 22.3. The summed E-state index contributed by atoms with van der Waals surface area (Å²) in [6.07, 6.45) is 4.29. The van der Waals surface area contributed by atoms with Crippen LogP contribution < -0.4 is 11.2 Å². The van der Waals surface area contributed by atoms with Gasteiger partial charge in [0.05, 0.1) is 12.2 Å². The maximum absolute atomic E-state index is 12.6. The molecule has 6 rings (SSSR count). The number of nitrogens with zero attached hydrogens (tertiary/aromatic N) is 1. The van der Waals surface area contributed by atoms with Gasteiger partial charge >= 0.3 is 17.6 Å². The number of esters is 2. The SMILES string of the molecule is CC(=O)OCC1OC(n2cc(COCCCCCCc3ccc4ccc5cccc6ccc3c4c56)c(=O)[nH]c2=O)CC1OC(C)=O. The normalized spacial score (nSPS) is 18.1. The number of carbonyl (C=O) groups is 2. The number of unbranched alkanes of at least 4 members (excludes halogenated alkanes) is 3. The van der Waals surface area contributed by atoms with Crippen LogP contribution in [0.4, 0.5) is 0 Å². The maximum Gasteiger partial charge on any atom is 0.330 e. The molecule has 1 N–H and O–H groups in total. The third-order valence-corrected chi connectivity index (χ3v) is 8.66. The van der Waals surface area contributed by atoms with Crippen LogP contribution in [0.25, 0.3) is 32.3 Å². The fourth-order valence-electron chi connectivity index (χ4n) is 6.47. The van der Waals surface area contributed by atoms with Crippen molar-refractivity contribution in [1.29, 1.82) is 0 Å². The van der Waals surface area contributed by atoms with Crippen LogP contribution in [0.5, 0.6) is 0 Å². The zero-order chi connectivity index (χ0) is 32.2. The van der Waals surface area contributed by atoms with E-state index in [1.54, 1.807) is 0 Å². The Bertz CT molecular complexity index is 1960. The van der Waals surface area contributed by atoms with Gasteiger partial charge in [-0.25, -0.2) is 4.79 Å². The number of aromatic nitrogens is 2. The Morgan fingerprint density at radius 1 is 0.870 bits per heavy atom. The molecule has 0 amide bonds. The summed E-state index contributed by atoms with van der Waals surface area (Å²) in [5, 5.41) is 7.86. The lowest BCUT2D eigenvalue weighted by atomic mass is 9.90. The largest absolute Gasteiger partial charge is 0.463 e. The molecule has 1 aromatic heterocycles. The summed E-state index contributed by atoms with van der Waals surface area (Å²) in [4.78, 5) is 50.3. The van der Waals surface area contributed by atoms with E-state index in [2.05, 4.69) is 59.6 Å². The second kappa shape index (κ2) is 13.8. The summed E-state index contributed by atoms with van der Waals surface area (Å²) in [5.74, 6) is -1.02. The van der Waals surface area contributed by atoms with E-state index in [1.807, 2.05) is 0 Å². The van der Waals surface area contributed by atoms with Crippen molar-refractivity contribution in [3.05, 3.63) is 92.8 Å². The molecule has 4 aromatic carbocycles. The van der Waals surface area contributed by atoms with Gasteiger partial charge in [-0.3, -0.25) is 23.9 Å². The Hall–Kier alpha value is -4.54. The molecule has 1 fully saturated rings. The lowest BCUT2D eigenvalue weighted by Gasteiger charge is -2.17. The highest BCUT2D eigenvalue weighted by molar-refractivity contribution is 6.23. The van der Waals surface area contributed by atoms with Crippen molar-refractivity contribution in [2.24, 2.45) is 0 Å². The number of hydrogen-bond acceptors (Lipinski definition) is 8. The molecule has 46 heavy (non-hydrogen) atoms. The topological polar surface area (TPSA) is 126 Å². The fourth-order valence-corrected chi connectivity index (χ4v) is 6.47. The zero-order valence-corrected chi connectivity index (χ0v) is 26.1. The quantitative estimate of drug-likeness (QED) is 0.103. The van der Waals surface area contributed by atoms with Crippen LogP contribution in [0.2, 0.25) is 0 Å². The average Bonchev–Trinajstić information content (AvgIpc) is 3.42. The zero-order valence-electron chi connectivity index (χ0n) is 26.1. The third kappa shape index (κ3) is 6.83. The second-order valence-corrected chi connectivity index (χ2v) is 11.9. The predicted octanol–water partition coefficient (Wildman–Crippen LogP) is 5.54. The van der Waals surface area contributed by atoms with Crippen molar-refractivity contribution in [3.8, 4) is 0 Å². The molecule has 240 valence electrons. The maximum atomic E-state index is 12.6. The molecule has 0 aliphatic carbocycles. The molecule has 0 spiro atoms. The van der Waals surface area contributed by atoms with E-state index in [-0.39, 0.29) is 25.2 Å². The number of aromatic amines is 1. The number of nitrogens with one attached hydrogen (secondary N) is 1. The molecule has 1 saturated heterocycles. The van der Waals surface area contributed by atoms with E-state index in [0.717, 1.165) is 32.1 Å². The van der Waals surface area contributed by atoms with Gasteiger partial charge in [-0.2, -0.15) is 0 Å². The molecule has 10 nitrogen and oxygen atoms in total. The van der Waals surface area contributed by atoms with Gasteiger partial charge in [-0.15, -0.1) is 0 Å². The molecule has 3 atom stereocenters. The number of aryl methyl sites for hydroxylation is 1. The predicted molar refractivity (Wildman–Crippen MR) is 174 cm³/mol. The van der Waals surface area contributed by atoms with E-state index >= 15 is 0 Å². The van der Waals surface area contributed by atoms with Crippen molar-refractivity contribution in [1.82, 2.24) is 9.55 Å². The van der Waals surface area contributed by atoms with Gasteiger partial charge in [0, 0.05) is 33.1 Å². The molecule has 0 bridgehead atoms. The monoisotopic (exact) mass is 626 g/mol. The molecular weight excluding hydrogens is 588 g/mol. The highest BCUT2D eigenvalue weighted by Crippen LogP contribution is 2.36. The minimum absolute atomic E-state index is 0.0370. The summed E-state index contributed by atoms with van der Waals surface area (Å²) in [5.41, 5.74) is 0.475. The number of benzene rings is 4. The smallest absolute Gasteiger partial charge is 0.330 e. The van der Waals surface area contributed by atoms with Gasteiger partial charge in [0.2, 0.25) is 0 Å². The van der Waals surface area contributed by atoms with Gasteiger partial charge in [0.15, 0.2) is 0 Å². The van der Waals surface area contributed by atoms with E-state index < -0.39 is 41.6 Å². The van der Waals surface area contributed by atoms with Crippen LogP contribution in [0.15, 0.2) is 70.4 Å². The van der Waals surface area contributed by atoms with E-state index in [9.17, 15) is 19.2 Å². The highest BCUT2D eigenvalue weighted by atomic mass is 16.6. The fraction of sp³-hybridized carbons (Fsp3) is 0.389. The van der Waals surface area contributed by atoms with Crippen LogP contribution in [0.3, 0.4) is 0 Å². The van der Waals surface area contributed by atoms with Crippen molar-refractivity contribution in [2.45, 2.75) is 77.4 Å². The second-order valence-electron chi connectivity index (χ2n) is 11.9. The molecule has 1 aliphatic heterocycles. The Balaban J connectivity index is 0.991. The summed E-state index contributed by atoms with van der Waals surface area (Å²) in [6, 6.07) is 19.9. The number of hydrogen-bond donors (Lipinski definition) is 1. The van der Waals surface area contributed by atoms with Gasteiger partial charge in [0.1, 0.15) is 25.0 Å². The lowest BCUT2D eigenvalue weighted by molar-refractivity contribution is -0.155. The first kappa shape index (κ1) is 31.4. The molecule has 2 heterocycles. The Morgan fingerprint density at radius 2 is 1.59 bits per heavy atom. The molecule has 0 radical (unpaired) electrons. The van der Waals surface area contributed by atoms with E-state index in [4.69, 9.17) is 18.9 Å². The summed E-state index contributed by atoms with van der Waals surface area (Å²) >= 11 is 0. The lowest BCUT2D eigenvalue weighted by Crippen LogP contribution is -2.34. The molecule has 10 heteroatoms. The van der Waals surface area contributed by atoms with Crippen molar-refractivity contribution < 1.29 is 28.5 Å². The van der Waals surface area contributed by atoms with Crippen LogP contribution in [0, 0.1) is 0 Å². The van der Waals surface area contributed by atoms with Crippen LogP contribution >= 0.6 is 0 Å². The van der Waals surface area contributed by atoms with E-state index in [0.29, 0.717) is 6.61 Å². The first-order valence-electron chi connectivity index (χ1n) is 15.8. The summed E-state index contributed by atoms with van der Waals surface area (Å²) in [7, 11) is 0. The van der Waals surface area contributed by atoms with Crippen molar-refractivity contribution in [2.75, 3.05) is 13.2 Å². The van der Waals surface area contributed by atoms with Crippen molar-refractivity contribution >= 4 is 44.3 Å². The van der Waals surface area contributed by atoms with Gasteiger partial charge in [0.25, 0.3) is 5.56 Å². The highest BCUT2D eigenvalue weighted by Gasteiger charge is 2.39. The number of H-pyrrole nitrogens is 1. The van der Waals surface area contributed by atoms with Gasteiger partial charge in [-0.1, -0.05) is 67.4 Å². The minimum Gasteiger partial charge on any atom is -0.463 e. The molecule has 1 aliphatic rings. The first-order valence-corrected chi connectivity index (χ1v) is 15.8. The van der Waals surface area contributed by atoms with Gasteiger partial charge < -0.3 is 18.9 Å². The average molecular weight is 627 g/mol. The number of rotatable bonds is 13. The summed E-state index contributed by atoms with van der Waals surface area (Å²) < 4.78 is 23.3. The molecule has 3 unspecified atom stereocenters. The van der Waals surface area contributed by atoms with Crippen molar-refractivity contribution in [3.63, 3.8) is 0 Å². The molecule has 5 aromatic rings. The van der Waals surface area contributed by atoms with Gasteiger partial charge in [-0.05, 0) is 57.1 Å². The third-order valence-electron chi connectivity index (χ3n) is 8.66. The van der Waals surface area contributed by atoms with Crippen LogP contribution in [0.1, 0.15) is 63.3 Å².